The molecule has 5 heteroatoms. The molecule has 0 bridgehead atoms. The molecule has 0 aromatic rings. The number of nitrogens with one attached hydrogen (secondary N) is 2. The highest BCUT2D eigenvalue weighted by atomic mass is 16.6. The molecular weight excluding hydrogens is 244 g/mol. The van der Waals surface area contributed by atoms with E-state index < -0.39 is 5.60 Å². The minimum absolute atomic E-state index is 0.236. The summed E-state index contributed by atoms with van der Waals surface area (Å²) < 4.78 is 10.7. The molecule has 0 radical (unpaired) electrons. The Bertz CT molecular complexity index is 283. The van der Waals surface area contributed by atoms with Crippen molar-refractivity contribution in [3.05, 3.63) is 0 Å². The minimum Gasteiger partial charge on any atom is -0.444 e. The molecule has 1 rings (SSSR count). The number of hydrogen-bond donors (Lipinski definition) is 2. The molecule has 1 atom stereocenters. The Morgan fingerprint density at radius 3 is 2.53 bits per heavy atom. The van der Waals surface area contributed by atoms with E-state index in [-0.39, 0.29) is 12.1 Å². The molecule has 0 aromatic heterocycles. The highest BCUT2D eigenvalue weighted by molar-refractivity contribution is 5.67. The topological polar surface area (TPSA) is 59.6 Å². The Kier molecular flexibility index (Phi) is 6.07. The fourth-order valence-electron chi connectivity index (χ4n) is 2.09. The number of hydrogen-bond acceptors (Lipinski definition) is 4. The Balaban J connectivity index is 2.09. The van der Waals surface area contributed by atoms with E-state index in [9.17, 15) is 4.79 Å². The predicted molar refractivity (Wildman–Crippen MR) is 75.3 cm³/mol. The van der Waals surface area contributed by atoms with Crippen molar-refractivity contribution in [2.45, 2.75) is 71.2 Å². The van der Waals surface area contributed by atoms with E-state index in [4.69, 9.17) is 9.47 Å². The molecule has 5 nitrogen and oxygen atoms in total. The van der Waals surface area contributed by atoms with Gasteiger partial charge in [0.15, 0.2) is 0 Å². The molecule has 0 aromatic carbocycles. The van der Waals surface area contributed by atoms with Crippen LogP contribution in [-0.4, -0.2) is 43.0 Å². The average Bonchev–Trinajstić information content (AvgIpc) is 2.21. The fourth-order valence-corrected chi connectivity index (χ4v) is 2.09. The zero-order valence-electron chi connectivity index (χ0n) is 12.8. The lowest BCUT2D eigenvalue weighted by molar-refractivity contribution is -0.0120. The molecule has 19 heavy (non-hydrogen) atoms. The van der Waals surface area contributed by atoms with Gasteiger partial charge in [0.05, 0.1) is 6.10 Å². The van der Waals surface area contributed by atoms with E-state index in [0.717, 1.165) is 19.4 Å². The van der Waals surface area contributed by atoms with Crippen molar-refractivity contribution in [2.75, 3.05) is 13.2 Å². The van der Waals surface area contributed by atoms with Crippen LogP contribution >= 0.6 is 0 Å². The third kappa shape index (κ3) is 6.78. The van der Waals surface area contributed by atoms with Gasteiger partial charge >= 0.3 is 6.09 Å². The number of rotatable bonds is 6. The second kappa shape index (κ2) is 7.10. The summed E-state index contributed by atoms with van der Waals surface area (Å²) in [5.74, 6) is 0. The smallest absolute Gasteiger partial charge is 0.407 e. The van der Waals surface area contributed by atoms with E-state index in [1.165, 1.54) is 0 Å². The van der Waals surface area contributed by atoms with E-state index >= 15 is 0 Å². The van der Waals surface area contributed by atoms with E-state index in [1.807, 2.05) is 27.7 Å². The third-order valence-electron chi connectivity index (χ3n) is 2.97. The highest BCUT2D eigenvalue weighted by Gasteiger charge is 2.30. The highest BCUT2D eigenvalue weighted by Crippen LogP contribution is 2.23. The molecule has 112 valence electrons. The molecular formula is C14H28N2O3. The second-order valence-electron chi connectivity index (χ2n) is 6.20. The molecule has 0 heterocycles. The summed E-state index contributed by atoms with van der Waals surface area (Å²) >= 11 is 0. The van der Waals surface area contributed by atoms with Crippen LogP contribution in [0.3, 0.4) is 0 Å². The summed E-state index contributed by atoms with van der Waals surface area (Å²) in [5, 5.41) is 6.25. The van der Waals surface area contributed by atoms with Gasteiger partial charge in [-0.1, -0.05) is 0 Å². The normalized spacial score (nSPS) is 24.5. The van der Waals surface area contributed by atoms with Gasteiger partial charge < -0.3 is 20.1 Å². The van der Waals surface area contributed by atoms with Crippen LogP contribution in [0, 0.1) is 0 Å². The zero-order chi connectivity index (χ0) is 14.5. The summed E-state index contributed by atoms with van der Waals surface area (Å²) in [5.41, 5.74) is -0.445. The van der Waals surface area contributed by atoms with Crippen molar-refractivity contribution in [3.8, 4) is 0 Å². The maximum atomic E-state index is 11.5. The van der Waals surface area contributed by atoms with E-state index in [2.05, 4.69) is 17.6 Å². The molecule has 0 saturated heterocycles. The number of carbonyl (C=O) groups excluding carboxylic acids is 1. The number of alkyl carbamates (subject to hydrolysis) is 1. The number of amides is 1. The summed E-state index contributed by atoms with van der Waals surface area (Å²) in [6.45, 7) is 11.0. The van der Waals surface area contributed by atoms with Crippen LogP contribution in [-0.2, 0) is 9.47 Å². The van der Waals surface area contributed by atoms with Crippen LogP contribution in [0.5, 0.6) is 0 Å². The van der Waals surface area contributed by atoms with E-state index in [0.29, 0.717) is 18.7 Å². The van der Waals surface area contributed by atoms with Crippen molar-refractivity contribution >= 4 is 6.09 Å². The van der Waals surface area contributed by atoms with Crippen LogP contribution in [0.25, 0.3) is 0 Å². The van der Waals surface area contributed by atoms with Crippen LogP contribution in [0.15, 0.2) is 0 Å². The van der Waals surface area contributed by atoms with Crippen molar-refractivity contribution in [3.63, 3.8) is 0 Å². The van der Waals surface area contributed by atoms with Gasteiger partial charge in [0.25, 0.3) is 0 Å². The predicted octanol–water partition coefficient (Wildman–Crippen LogP) is 2.06. The van der Waals surface area contributed by atoms with Crippen LogP contribution < -0.4 is 10.6 Å². The standard InChI is InChI=1S/C14H28N2O3/c1-6-18-12-7-11(8-12)16-10(2)9-15-13(17)19-14(3,4)5/h10-12,16H,6-9H2,1-5H3,(H,15,17). The van der Waals surface area contributed by atoms with Crippen LogP contribution in [0.2, 0.25) is 0 Å². The summed E-state index contributed by atoms with van der Waals surface area (Å²) in [7, 11) is 0. The molecule has 0 spiro atoms. The molecule has 1 aliphatic rings. The molecule has 1 unspecified atom stereocenters. The SMILES string of the molecule is CCOC1CC(NC(C)CNC(=O)OC(C)(C)C)C1. The van der Waals surface area contributed by atoms with Gasteiger partial charge in [-0.3, -0.25) is 0 Å². The largest absolute Gasteiger partial charge is 0.444 e. The minimum atomic E-state index is -0.445. The van der Waals surface area contributed by atoms with Crippen molar-refractivity contribution < 1.29 is 14.3 Å². The Morgan fingerprint density at radius 2 is 2.00 bits per heavy atom. The molecule has 1 fully saturated rings. The molecule has 0 aliphatic heterocycles. The van der Waals surface area contributed by atoms with Gasteiger partial charge in [0.1, 0.15) is 5.60 Å². The first-order chi connectivity index (χ1) is 8.80. The Labute approximate surface area is 116 Å². The summed E-state index contributed by atoms with van der Waals surface area (Å²) in [6.07, 6.45) is 2.17. The molecule has 2 N–H and O–H groups in total. The van der Waals surface area contributed by atoms with Gasteiger partial charge in [0.2, 0.25) is 0 Å². The lowest BCUT2D eigenvalue weighted by atomic mass is 9.88. The van der Waals surface area contributed by atoms with E-state index in [1.54, 1.807) is 0 Å². The zero-order valence-corrected chi connectivity index (χ0v) is 12.8. The molecule has 1 saturated carbocycles. The summed E-state index contributed by atoms with van der Waals surface area (Å²) in [4.78, 5) is 11.5. The maximum absolute atomic E-state index is 11.5. The number of carbonyl (C=O) groups is 1. The van der Waals surface area contributed by atoms with Crippen molar-refractivity contribution in [1.29, 1.82) is 0 Å². The third-order valence-corrected chi connectivity index (χ3v) is 2.97. The quantitative estimate of drug-likeness (QED) is 0.777. The van der Waals surface area contributed by atoms with Gasteiger partial charge in [0, 0.05) is 25.2 Å². The van der Waals surface area contributed by atoms with Gasteiger partial charge in [-0.05, 0) is 47.5 Å². The number of ether oxygens (including phenoxy) is 2. The average molecular weight is 272 g/mol. The molecule has 1 aliphatic carbocycles. The lowest BCUT2D eigenvalue weighted by Gasteiger charge is -2.37. The monoisotopic (exact) mass is 272 g/mol. The van der Waals surface area contributed by atoms with Gasteiger partial charge in [-0.15, -0.1) is 0 Å². The van der Waals surface area contributed by atoms with Crippen molar-refractivity contribution in [2.24, 2.45) is 0 Å². The van der Waals surface area contributed by atoms with Crippen LogP contribution in [0.4, 0.5) is 4.79 Å². The maximum Gasteiger partial charge on any atom is 0.407 e. The van der Waals surface area contributed by atoms with Crippen LogP contribution in [0.1, 0.15) is 47.5 Å². The summed E-state index contributed by atoms with van der Waals surface area (Å²) in [6, 6.07) is 0.743. The first-order valence-corrected chi connectivity index (χ1v) is 7.14. The van der Waals surface area contributed by atoms with Gasteiger partial charge in [-0.2, -0.15) is 0 Å². The Morgan fingerprint density at radius 1 is 1.37 bits per heavy atom. The first-order valence-electron chi connectivity index (χ1n) is 7.14. The Hall–Kier alpha value is -0.810. The van der Waals surface area contributed by atoms with Crippen molar-refractivity contribution in [1.82, 2.24) is 10.6 Å². The lowest BCUT2D eigenvalue weighted by Crippen LogP contribution is -2.51. The molecule has 1 amide bonds. The van der Waals surface area contributed by atoms with Gasteiger partial charge in [-0.25, -0.2) is 4.79 Å². The fraction of sp³-hybridized carbons (Fsp3) is 0.929. The second-order valence-corrected chi connectivity index (χ2v) is 6.20. The first kappa shape index (κ1) is 16.2.